The Hall–Kier alpha value is -1.61. The lowest BCUT2D eigenvalue weighted by molar-refractivity contribution is -0.139. The molecule has 0 spiro atoms. The van der Waals surface area contributed by atoms with Crippen LogP contribution in [0.3, 0.4) is 0 Å². The minimum Gasteiger partial charge on any atom is -0.462 e. The summed E-state index contributed by atoms with van der Waals surface area (Å²) in [7, 11) is 0. The lowest BCUT2D eigenvalue weighted by Gasteiger charge is -2.15. The molecule has 0 aromatic heterocycles. The molecule has 0 fully saturated rings. The monoisotopic (exact) mass is 347 g/mol. The molecular formula is C22H37NO2. The van der Waals surface area contributed by atoms with Gasteiger partial charge in [-0.2, -0.15) is 0 Å². The molecule has 0 unspecified atom stereocenters. The molecule has 0 saturated carbocycles. The maximum atomic E-state index is 12.6. The average molecular weight is 348 g/mol. The number of unbranched alkanes of at least 4 members (excludes halogenated alkanes) is 3. The molecule has 1 aromatic carbocycles. The number of hydrogen-bond donors (Lipinski definition) is 1. The summed E-state index contributed by atoms with van der Waals surface area (Å²) in [6.07, 6.45) is 9.10. The smallest absolute Gasteiger partial charge is 0.333 e. The van der Waals surface area contributed by atoms with E-state index < -0.39 is 0 Å². The first-order valence-electron chi connectivity index (χ1n) is 9.64. The van der Waals surface area contributed by atoms with Crippen LogP contribution >= 0.6 is 0 Å². The van der Waals surface area contributed by atoms with E-state index in [0.29, 0.717) is 6.61 Å². The van der Waals surface area contributed by atoms with Gasteiger partial charge in [0.1, 0.15) is 0 Å². The van der Waals surface area contributed by atoms with Gasteiger partial charge >= 0.3 is 5.97 Å². The standard InChI is InChI=1S/C22H34O2.H3N/c1-4-7-15-20(18-19-13-11-10-12-14-19)21(16-8-5-2)22(23)24-17-9-6-3;/h10-14H,4-9,15-18H2,1-3H3;1H3. The zero-order valence-corrected chi connectivity index (χ0v) is 16.5. The van der Waals surface area contributed by atoms with Gasteiger partial charge in [-0.05, 0) is 44.1 Å². The van der Waals surface area contributed by atoms with Crippen LogP contribution in [0, 0.1) is 0 Å². The van der Waals surface area contributed by atoms with Crippen LogP contribution in [-0.4, -0.2) is 12.6 Å². The summed E-state index contributed by atoms with van der Waals surface area (Å²) in [5.41, 5.74) is 3.49. The molecule has 0 aliphatic heterocycles. The van der Waals surface area contributed by atoms with E-state index in [4.69, 9.17) is 4.74 Å². The highest BCUT2D eigenvalue weighted by Gasteiger charge is 2.16. The summed E-state index contributed by atoms with van der Waals surface area (Å²) in [5, 5.41) is 0. The van der Waals surface area contributed by atoms with Gasteiger partial charge in [0.15, 0.2) is 0 Å². The van der Waals surface area contributed by atoms with Crippen molar-refractivity contribution in [1.82, 2.24) is 6.15 Å². The van der Waals surface area contributed by atoms with Gasteiger partial charge in [-0.25, -0.2) is 4.79 Å². The van der Waals surface area contributed by atoms with Crippen molar-refractivity contribution in [2.24, 2.45) is 0 Å². The molecule has 3 N–H and O–H groups in total. The van der Waals surface area contributed by atoms with Crippen LogP contribution in [-0.2, 0) is 16.0 Å². The van der Waals surface area contributed by atoms with E-state index in [1.165, 1.54) is 11.1 Å². The highest BCUT2D eigenvalue weighted by Crippen LogP contribution is 2.23. The van der Waals surface area contributed by atoms with Crippen LogP contribution in [0.15, 0.2) is 41.5 Å². The topological polar surface area (TPSA) is 61.3 Å². The van der Waals surface area contributed by atoms with Gasteiger partial charge < -0.3 is 10.9 Å². The highest BCUT2D eigenvalue weighted by atomic mass is 16.5. The third-order valence-corrected chi connectivity index (χ3v) is 4.28. The molecule has 0 aliphatic rings. The summed E-state index contributed by atoms with van der Waals surface area (Å²) in [4.78, 5) is 12.6. The Bertz CT molecular complexity index is 494. The second-order valence-corrected chi connectivity index (χ2v) is 6.44. The van der Waals surface area contributed by atoms with Crippen molar-refractivity contribution in [3.63, 3.8) is 0 Å². The fourth-order valence-corrected chi connectivity index (χ4v) is 2.75. The number of allylic oxidation sites excluding steroid dienone is 1. The van der Waals surface area contributed by atoms with E-state index in [2.05, 4.69) is 45.0 Å². The Balaban J connectivity index is 0.00000576. The van der Waals surface area contributed by atoms with E-state index in [1.54, 1.807) is 0 Å². The van der Waals surface area contributed by atoms with Crippen molar-refractivity contribution in [3.8, 4) is 0 Å². The number of carbonyl (C=O) groups is 1. The Kier molecular flexibility index (Phi) is 13.8. The van der Waals surface area contributed by atoms with Crippen LogP contribution in [0.1, 0.15) is 77.7 Å². The highest BCUT2D eigenvalue weighted by molar-refractivity contribution is 5.89. The van der Waals surface area contributed by atoms with Crippen LogP contribution in [0.25, 0.3) is 0 Å². The molecule has 0 saturated heterocycles. The number of carbonyl (C=O) groups excluding carboxylic acids is 1. The number of rotatable bonds is 12. The molecule has 0 bridgehead atoms. The van der Waals surface area contributed by atoms with Crippen LogP contribution < -0.4 is 6.15 Å². The molecule has 1 rings (SSSR count). The fraction of sp³-hybridized carbons (Fsp3) is 0.591. The molecule has 3 nitrogen and oxygen atoms in total. The van der Waals surface area contributed by atoms with Gasteiger partial charge in [-0.3, -0.25) is 0 Å². The maximum Gasteiger partial charge on any atom is 0.333 e. The normalized spacial score (nSPS) is 11.5. The minimum absolute atomic E-state index is 0. The fourth-order valence-electron chi connectivity index (χ4n) is 2.75. The summed E-state index contributed by atoms with van der Waals surface area (Å²) >= 11 is 0. The molecule has 0 amide bonds. The molecule has 25 heavy (non-hydrogen) atoms. The Morgan fingerprint density at radius 2 is 1.48 bits per heavy atom. The number of esters is 1. The van der Waals surface area contributed by atoms with Crippen molar-refractivity contribution in [1.29, 1.82) is 0 Å². The molecule has 0 radical (unpaired) electrons. The van der Waals surface area contributed by atoms with Gasteiger partial charge in [0.2, 0.25) is 0 Å². The number of benzene rings is 1. The van der Waals surface area contributed by atoms with Crippen molar-refractivity contribution in [2.75, 3.05) is 6.61 Å². The van der Waals surface area contributed by atoms with Crippen molar-refractivity contribution in [3.05, 3.63) is 47.0 Å². The number of ether oxygens (including phenoxy) is 1. The third-order valence-electron chi connectivity index (χ3n) is 4.28. The first-order chi connectivity index (χ1) is 11.7. The molecule has 0 aliphatic carbocycles. The summed E-state index contributed by atoms with van der Waals surface area (Å²) < 4.78 is 5.54. The van der Waals surface area contributed by atoms with E-state index in [1.807, 2.05) is 6.07 Å². The SMILES string of the molecule is CCCCOC(=O)C(CCCC)=C(CCCC)Cc1ccccc1.N. The van der Waals surface area contributed by atoms with Gasteiger partial charge in [0, 0.05) is 5.57 Å². The van der Waals surface area contributed by atoms with E-state index in [9.17, 15) is 4.79 Å². The van der Waals surface area contributed by atoms with E-state index in [-0.39, 0.29) is 12.1 Å². The molecule has 142 valence electrons. The first kappa shape index (κ1) is 23.4. The Labute approximate surface area is 154 Å². The van der Waals surface area contributed by atoms with Crippen molar-refractivity contribution >= 4 is 5.97 Å². The predicted octanol–water partition coefficient (Wildman–Crippen LogP) is 6.41. The zero-order valence-electron chi connectivity index (χ0n) is 16.5. The molecule has 3 heteroatoms. The van der Waals surface area contributed by atoms with Gasteiger partial charge in [0.05, 0.1) is 6.61 Å². The summed E-state index contributed by atoms with van der Waals surface area (Å²) in [6, 6.07) is 10.5. The van der Waals surface area contributed by atoms with Crippen molar-refractivity contribution in [2.45, 2.75) is 78.6 Å². The predicted molar refractivity (Wildman–Crippen MR) is 107 cm³/mol. The Morgan fingerprint density at radius 3 is 2.08 bits per heavy atom. The molecule has 0 heterocycles. The first-order valence-corrected chi connectivity index (χ1v) is 9.64. The maximum absolute atomic E-state index is 12.6. The molecular weight excluding hydrogens is 310 g/mol. The zero-order chi connectivity index (χ0) is 17.6. The third kappa shape index (κ3) is 9.45. The number of hydrogen-bond acceptors (Lipinski definition) is 3. The summed E-state index contributed by atoms with van der Waals surface area (Å²) in [5.74, 6) is -0.0843. The molecule has 0 atom stereocenters. The van der Waals surface area contributed by atoms with Gasteiger partial charge in [-0.1, -0.05) is 75.9 Å². The largest absolute Gasteiger partial charge is 0.462 e. The molecule has 1 aromatic rings. The van der Waals surface area contributed by atoms with Gasteiger partial charge in [0.25, 0.3) is 0 Å². The van der Waals surface area contributed by atoms with Gasteiger partial charge in [-0.15, -0.1) is 0 Å². The van der Waals surface area contributed by atoms with Crippen LogP contribution in [0.4, 0.5) is 0 Å². The average Bonchev–Trinajstić information content (AvgIpc) is 2.60. The second kappa shape index (κ2) is 14.7. The van der Waals surface area contributed by atoms with Crippen LogP contribution in [0.5, 0.6) is 0 Å². The Morgan fingerprint density at radius 1 is 0.880 bits per heavy atom. The van der Waals surface area contributed by atoms with Crippen molar-refractivity contribution < 1.29 is 9.53 Å². The quantitative estimate of drug-likeness (QED) is 0.270. The lowest BCUT2D eigenvalue weighted by Crippen LogP contribution is -2.13. The van der Waals surface area contributed by atoms with Crippen LogP contribution in [0.2, 0.25) is 0 Å². The minimum atomic E-state index is -0.0843. The van der Waals surface area contributed by atoms with E-state index >= 15 is 0 Å². The van der Waals surface area contributed by atoms with E-state index in [0.717, 1.165) is 63.4 Å². The lowest BCUT2D eigenvalue weighted by atomic mass is 9.92. The second-order valence-electron chi connectivity index (χ2n) is 6.44. The summed E-state index contributed by atoms with van der Waals surface area (Å²) in [6.45, 7) is 7.02.